The largest absolute Gasteiger partial charge is 0.461 e. The van der Waals surface area contributed by atoms with Crippen LogP contribution in [-0.4, -0.2) is 47.8 Å². The number of alkyl halides is 4. The number of amides is 3. The van der Waals surface area contributed by atoms with Gasteiger partial charge in [0, 0.05) is 50.0 Å². The highest BCUT2D eigenvalue weighted by Crippen LogP contribution is 2.37. The van der Waals surface area contributed by atoms with Crippen LogP contribution >= 0.6 is 11.6 Å². The van der Waals surface area contributed by atoms with Crippen molar-refractivity contribution in [1.29, 1.82) is 0 Å². The minimum Gasteiger partial charge on any atom is -0.428 e. The van der Waals surface area contributed by atoms with E-state index in [1.165, 1.54) is 18.3 Å². The maximum Gasteiger partial charge on any atom is 0.461 e. The highest BCUT2D eigenvalue weighted by Gasteiger charge is 2.45. The number of aromatic nitrogens is 1. The molecule has 0 bridgehead atoms. The molecule has 4 rings (SSSR count). The van der Waals surface area contributed by atoms with Crippen LogP contribution in [0.3, 0.4) is 0 Å². The van der Waals surface area contributed by atoms with Crippen molar-refractivity contribution < 1.29 is 41.1 Å². The van der Waals surface area contributed by atoms with Crippen molar-refractivity contribution in [3.05, 3.63) is 94.5 Å². The van der Waals surface area contributed by atoms with Gasteiger partial charge in [0.1, 0.15) is 22.9 Å². The quantitative estimate of drug-likeness (QED) is 0.159. The number of ether oxygens (including phenoxy) is 1. The maximum atomic E-state index is 15.1. The first-order valence-electron chi connectivity index (χ1n) is 15.5. The van der Waals surface area contributed by atoms with E-state index in [2.05, 4.69) is 25.7 Å². The SMILES string of the molecule is CCC(=O)CCNC(=O)[C@H]1CC[C@@H](NC(=O)N[C@@](Cc2ccccc2)(c2cc(F)cc(OC(F)(F)C(F)F)c2)c2ccc(Cl)cn2)CC1. The second kappa shape index (κ2) is 16.2. The van der Waals surface area contributed by atoms with Gasteiger partial charge in [-0.05, 0) is 61.1 Å². The lowest BCUT2D eigenvalue weighted by Gasteiger charge is -2.37. The summed E-state index contributed by atoms with van der Waals surface area (Å²) in [6.07, 6.45) is -5.33. The summed E-state index contributed by atoms with van der Waals surface area (Å²) < 4.78 is 73.1. The fourth-order valence-electron chi connectivity index (χ4n) is 5.68. The summed E-state index contributed by atoms with van der Waals surface area (Å²) in [6.45, 7) is 2.02. The summed E-state index contributed by atoms with van der Waals surface area (Å²) >= 11 is 6.10. The Morgan fingerprint density at radius 3 is 2.35 bits per heavy atom. The summed E-state index contributed by atoms with van der Waals surface area (Å²) in [5, 5.41) is 8.80. The smallest absolute Gasteiger partial charge is 0.428 e. The van der Waals surface area contributed by atoms with Crippen molar-refractivity contribution in [2.75, 3.05) is 6.54 Å². The number of nitrogens with zero attached hydrogens (tertiary/aromatic N) is 1. The zero-order valence-corrected chi connectivity index (χ0v) is 26.8. The van der Waals surface area contributed by atoms with Crippen molar-refractivity contribution in [3.63, 3.8) is 0 Å². The summed E-state index contributed by atoms with van der Waals surface area (Å²) in [5.41, 5.74) is -1.08. The number of carbonyl (C=O) groups is 3. The van der Waals surface area contributed by atoms with Crippen molar-refractivity contribution in [3.8, 4) is 5.75 Å². The minimum absolute atomic E-state index is 0.0550. The molecule has 14 heteroatoms. The van der Waals surface area contributed by atoms with Gasteiger partial charge in [0.05, 0.1) is 10.7 Å². The van der Waals surface area contributed by atoms with E-state index in [1.54, 1.807) is 37.3 Å². The molecule has 258 valence electrons. The first-order chi connectivity index (χ1) is 22.8. The number of hydrogen-bond donors (Lipinski definition) is 3. The molecule has 3 amide bonds. The average molecular weight is 695 g/mol. The van der Waals surface area contributed by atoms with E-state index >= 15 is 4.39 Å². The van der Waals surface area contributed by atoms with Crippen LogP contribution < -0.4 is 20.7 Å². The maximum absolute atomic E-state index is 15.1. The summed E-state index contributed by atoms with van der Waals surface area (Å²) in [5.74, 6) is -2.36. The fourth-order valence-corrected chi connectivity index (χ4v) is 5.79. The van der Waals surface area contributed by atoms with Crippen LogP contribution in [0.2, 0.25) is 5.02 Å². The van der Waals surface area contributed by atoms with Crippen molar-refractivity contribution in [2.24, 2.45) is 5.92 Å². The van der Waals surface area contributed by atoms with E-state index in [0.717, 1.165) is 12.1 Å². The zero-order valence-electron chi connectivity index (χ0n) is 26.1. The monoisotopic (exact) mass is 694 g/mol. The van der Waals surface area contributed by atoms with Gasteiger partial charge in [0.25, 0.3) is 0 Å². The lowest BCUT2D eigenvalue weighted by molar-refractivity contribution is -0.253. The molecule has 2 aromatic carbocycles. The van der Waals surface area contributed by atoms with E-state index in [0.29, 0.717) is 43.7 Å². The van der Waals surface area contributed by atoms with E-state index in [-0.39, 0.29) is 59.3 Å². The van der Waals surface area contributed by atoms with Gasteiger partial charge in [0.2, 0.25) is 5.91 Å². The van der Waals surface area contributed by atoms with E-state index in [9.17, 15) is 31.9 Å². The number of pyridine rings is 1. The van der Waals surface area contributed by atoms with Gasteiger partial charge in [-0.25, -0.2) is 9.18 Å². The molecule has 0 radical (unpaired) electrons. The van der Waals surface area contributed by atoms with Crippen molar-refractivity contribution in [1.82, 2.24) is 20.9 Å². The number of benzene rings is 2. The van der Waals surface area contributed by atoms with E-state index < -0.39 is 35.7 Å². The van der Waals surface area contributed by atoms with Gasteiger partial charge < -0.3 is 20.7 Å². The molecule has 0 spiro atoms. The van der Waals surface area contributed by atoms with Gasteiger partial charge in [-0.2, -0.15) is 17.6 Å². The first kappa shape index (κ1) is 36.6. The predicted molar refractivity (Wildman–Crippen MR) is 168 cm³/mol. The topological polar surface area (TPSA) is 109 Å². The fraction of sp³-hybridized carbons (Fsp3) is 0.412. The third-order valence-corrected chi connectivity index (χ3v) is 8.43. The van der Waals surface area contributed by atoms with Gasteiger partial charge >= 0.3 is 18.6 Å². The summed E-state index contributed by atoms with van der Waals surface area (Å²) in [4.78, 5) is 42.3. The molecule has 0 saturated heterocycles. The molecule has 0 unspecified atom stereocenters. The molecule has 0 aliphatic heterocycles. The van der Waals surface area contributed by atoms with Crippen LogP contribution in [0.25, 0.3) is 0 Å². The third-order valence-electron chi connectivity index (χ3n) is 8.21. The Kier molecular flexibility index (Phi) is 12.4. The molecule has 1 atom stereocenters. The molecular weight excluding hydrogens is 659 g/mol. The normalized spacial score (nSPS) is 17.7. The highest BCUT2D eigenvalue weighted by atomic mass is 35.5. The second-order valence-corrected chi connectivity index (χ2v) is 12.1. The Morgan fingerprint density at radius 2 is 1.73 bits per heavy atom. The molecule has 1 saturated carbocycles. The van der Waals surface area contributed by atoms with E-state index in [4.69, 9.17) is 11.6 Å². The third kappa shape index (κ3) is 9.65. The van der Waals surface area contributed by atoms with Gasteiger partial charge in [-0.3, -0.25) is 14.6 Å². The lowest BCUT2D eigenvalue weighted by Crippen LogP contribution is -2.55. The number of carbonyl (C=O) groups excluding carboxylic acids is 3. The lowest BCUT2D eigenvalue weighted by atomic mass is 9.80. The Morgan fingerprint density at radius 1 is 1.02 bits per heavy atom. The molecule has 3 N–H and O–H groups in total. The Bertz CT molecular complexity index is 1560. The molecule has 1 aliphatic rings. The first-order valence-corrected chi connectivity index (χ1v) is 15.9. The molecule has 3 aromatic rings. The standard InChI is InChI=1S/C34H36ClF5N4O4/c1-2-27(45)14-15-41-30(46)22-8-11-26(12-9-22)43-32(47)44-33(19-21-6-4-3-5-7-21,29-13-10-24(35)20-42-29)23-16-25(36)18-28(17-23)48-34(39,40)31(37)38/h3-7,10,13,16-18,20,22,26,31H,2,8-9,11-12,14-15,19H2,1H3,(H,41,46)(H2,43,44,47)/t22-,26+,33-/m0/s1. The minimum atomic E-state index is -4.92. The summed E-state index contributed by atoms with van der Waals surface area (Å²) in [6, 6.07) is 13.1. The number of hydrogen-bond acceptors (Lipinski definition) is 5. The van der Waals surface area contributed by atoms with Crippen LogP contribution in [0.15, 0.2) is 66.9 Å². The number of ketones is 1. The molecule has 1 fully saturated rings. The molecule has 1 heterocycles. The molecule has 1 aliphatic carbocycles. The number of Topliss-reactive ketones (excluding diaryl/α,β-unsaturated/α-hetero) is 1. The van der Waals surface area contributed by atoms with Crippen LogP contribution in [0.4, 0.5) is 26.7 Å². The van der Waals surface area contributed by atoms with Crippen LogP contribution in [0.1, 0.15) is 62.3 Å². The Balaban J connectivity index is 1.62. The number of rotatable bonds is 14. The highest BCUT2D eigenvalue weighted by molar-refractivity contribution is 6.30. The molecule has 8 nitrogen and oxygen atoms in total. The predicted octanol–water partition coefficient (Wildman–Crippen LogP) is 6.94. The second-order valence-electron chi connectivity index (χ2n) is 11.6. The Hall–Kier alpha value is -4.26. The number of urea groups is 1. The van der Waals surface area contributed by atoms with Crippen LogP contribution in [0, 0.1) is 11.7 Å². The molecule has 48 heavy (non-hydrogen) atoms. The molecular formula is C34H36ClF5N4O4. The van der Waals surface area contributed by atoms with Crippen molar-refractivity contribution in [2.45, 2.75) is 76.0 Å². The zero-order chi connectivity index (χ0) is 34.9. The molecule has 1 aromatic heterocycles. The number of nitrogens with one attached hydrogen (secondary N) is 3. The van der Waals surface area contributed by atoms with Crippen LogP contribution in [-0.2, 0) is 21.5 Å². The van der Waals surface area contributed by atoms with Gasteiger partial charge in [-0.15, -0.1) is 0 Å². The van der Waals surface area contributed by atoms with Crippen molar-refractivity contribution >= 4 is 29.3 Å². The Labute approximate surface area is 279 Å². The number of halogens is 6. The van der Waals surface area contributed by atoms with Crippen LogP contribution in [0.5, 0.6) is 5.75 Å². The van der Waals surface area contributed by atoms with Gasteiger partial charge in [0.15, 0.2) is 0 Å². The average Bonchev–Trinajstić information content (AvgIpc) is 3.04. The van der Waals surface area contributed by atoms with Gasteiger partial charge in [-0.1, -0.05) is 48.9 Å². The van der Waals surface area contributed by atoms with E-state index in [1.807, 2.05) is 0 Å². The summed E-state index contributed by atoms with van der Waals surface area (Å²) in [7, 11) is 0.